The summed E-state index contributed by atoms with van der Waals surface area (Å²) in [7, 11) is 0. The van der Waals surface area contributed by atoms with E-state index in [2.05, 4.69) is 108 Å². The van der Waals surface area contributed by atoms with Crippen LogP contribution in [0.25, 0.3) is 71.2 Å². The van der Waals surface area contributed by atoms with Crippen LogP contribution in [0.2, 0.25) is 0 Å². The predicted octanol–water partition coefficient (Wildman–Crippen LogP) is 8.16. The van der Waals surface area contributed by atoms with Gasteiger partial charge >= 0.3 is 0 Å². The van der Waals surface area contributed by atoms with Crippen LogP contribution in [-0.4, -0.2) is 14.4 Å². The quantitative estimate of drug-likeness (QED) is 0.239. The smallest absolute Gasteiger partial charge is 0.146 e. The summed E-state index contributed by atoms with van der Waals surface area (Å²) in [5.41, 5.74) is 6.34. The largest absolute Gasteiger partial charge is 0.292 e. The van der Waals surface area contributed by atoms with Gasteiger partial charge in [0.2, 0.25) is 0 Å². The molecule has 0 amide bonds. The molecule has 0 saturated carbocycles. The van der Waals surface area contributed by atoms with Crippen molar-refractivity contribution in [2.24, 2.45) is 0 Å². The first kappa shape index (κ1) is 18.6. The molecule has 0 aliphatic carbocycles. The SMILES string of the molecule is c1ccc2c(c1)cc(-c1cc3c(cn1)c1ccccc1n1c4ccccc4nc31)c1ccccc12. The minimum absolute atomic E-state index is 0.962. The lowest BCUT2D eigenvalue weighted by molar-refractivity contribution is 1.30. The monoisotopic (exact) mass is 445 g/mol. The average Bonchev–Trinajstić information content (AvgIpc) is 3.33. The molecule has 8 aromatic rings. The van der Waals surface area contributed by atoms with Crippen molar-refractivity contribution in [3.63, 3.8) is 0 Å². The Hall–Kier alpha value is -4.76. The number of hydrogen-bond acceptors (Lipinski definition) is 2. The Balaban J connectivity index is 1.54. The normalized spacial score (nSPS) is 12.0. The highest BCUT2D eigenvalue weighted by Gasteiger charge is 2.16. The van der Waals surface area contributed by atoms with Crippen molar-refractivity contribution in [1.82, 2.24) is 14.4 Å². The first-order valence-corrected chi connectivity index (χ1v) is 11.9. The maximum Gasteiger partial charge on any atom is 0.146 e. The van der Waals surface area contributed by atoms with Crippen molar-refractivity contribution in [2.75, 3.05) is 0 Å². The number of rotatable bonds is 1. The van der Waals surface area contributed by atoms with Gasteiger partial charge in [0.05, 0.1) is 22.2 Å². The van der Waals surface area contributed by atoms with Crippen LogP contribution in [0.5, 0.6) is 0 Å². The number of imidazole rings is 1. The van der Waals surface area contributed by atoms with Gasteiger partial charge in [0, 0.05) is 27.9 Å². The molecule has 0 bridgehead atoms. The number of fused-ring (bicyclic) bond motifs is 11. The third-order valence-electron chi connectivity index (χ3n) is 7.18. The molecule has 5 aromatic carbocycles. The summed E-state index contributed by atoms with van der Waals surface area (Å²) >= 11 is 0. The van der Waals surface area contributed by atoms with Crippen molar-refractivity contribution in [1.29, 1.82) is 0 Å². The van der Waals surface area contributed by atoms with E-state index in [1.54, 1.807) is 0 Å². The first-order valence-electron chi connectivity index (χ1n) is 11.9. The predicted molar refractivity (Wildman–Crippen MR) is 146 cm³/mol. The molecule has 0 aliphatic heterocycles. The number of hydrogen-bond donors (Lipinski definition) is 0. The van der Waals surface area contributed by atoms with Crippen molar-refractivity contribution < 1.29 is 0 Å². The molecule has 3 nitrogen and oxygen atoms in total. The maximum atomic E-state index is 5.08. The van der Waals surface area contributed by atoms with Crippen LogP contribution in [0, 0.1) is 0 Å². The van der Waals surface area contributed by atoms with Crippen LogP contribution in [-0.2, 0) is 0 Å². The molecule has 35 heavy (non-hydrogen) atoms. The van der Waals surface area contributed by atoms with Gasteiger partial charge < -0.3 is 0 Å². The summed E-state index contributed by atoms with van der Waals surface area (Å²) in [5, 5.41) is 8.36. The Morgan fingerprint density at radius 3 is 2.09 bits per heavy atom. The van der Waals surface area contributed by atoms with Crippen molar-refractivity contribution in [3.8, 4) is 11.3 Å². The highest BCUT2D eigenvalue weighted by atomic mass is 15.0. The van der Waals surface area contributed by atoms with Crippen LogP contribution >= 0.6 is 0 Å². The van der Waals surface area contributed by atoms with Crippen LogP contribution < -0.4 is 0 Å². The number of aromatic nitrogens is 3. The van der Waals surface area contributed by atoms with Gasteiger partial charge in [0.25, 0.3) is 0 Å². The Labute approximate surface area is 200 Å². The van der Waals surface area contributed by atoms with Gasteiger partial charge in [0.1, 0.15) is 5.65 Å². The molecule has 0 spiro atoms. The Kier molecular flexibility index (Phi) is 3.66. The van der Waals surface area contributed by atoms with E-state index in [9.17, 15) is 0 Å². The van der Waals surface area contributed by atoms with E-state index in [1.165, 1.54) is 26.9 Å². The summed E-state index contributed by atoms with van der Waals surface area (Å²) < 4.78 is 2.29. The van der Waals surface area contributed by atoms with E-state index in [0.717, 1.165) is 44.2 Å². The fourth-order valence-corrected chi connectivity index (χ4v) is 5.62. The molecular weight excluding hydrogens is 426 g/mol. The van der Waals surface area contributed by atoms with Gasteiger partial charge in [-0.2, -0.15) is 0 Å². The zero-order valence-electron chi connectivity index (χ0n) is 18.8. The lowest BCUT2D eigenvalue weighted by Gasteiger charge is -2.13. The fourth-order valence-electron chi connectivity index (χ4n) is 5.62. The molecule has 0 fully saturated rings. The summed E-state index contributed by atoms with van der Waals surface area (Å²) in [6, 6.07) is 38.6. The second-order valence-electron chi connectivity index (χ2n) is 9.08. The lowest BCUT2D eigenvalue weighted by atomic mass is 9.95. The second kappa shape index (κ2) is 6.87. The van der Waals surface area contributed by atoms with Crippen LogP contribution in [0.1, 0.15) is 0 Å². The minimum Gasteiger partial charge on any atom is -0.292 e. The minimum atomic E-state index is 0.962. The van der Waals surface area contributed by atoms with Crippen LogP contribution in [0.3, 0.4) is 0 Å². The molecule has 3 heterocycles. The van der Waals surface area contributed by atoms with E-state index in [0.29, 0.717) is 0 Å². The molecule has 0 saturated heterocycles. The van der Waals surface area contributed by atoms with E-state index >= 15 is 0 Å². The van der Waals surface area contributed by atoms with Gasteiger partial charge in [-0.3, -0.25) is 9.38 Å². The summed E-state index contributed by atoms with van der Waals surface area (Å²) in [4.78, 5) is 10.1. The Morgan fingerprint density at radius 2 is 1.20 bits per heavy atom. The van der Waals surface area contributed by atoms with E-state index < -0.39 is 0 Å². The third kappa shape index (κ3) is 2.55. The van der Waals surface area contributed by atoms with Crippen molar-refractivity contribution >= 4 is 59.9 Å². The van der Waals surface area contributed by atoms with E-state index in [4.69, 9.17) is 9.97 Å². The number of para-hydroxylation sites is 3. The number of pyridine rings is 2. The van der Waals surface area contributed by atoms with Crippen molar-refractivity contribution in [2.45, 2.75) is 0 Å². The van der Waals surface area contributed by atoms with Crippen molar-refractivity contribution in [3.05, 3.63) is 115 Å². The molecule has 8 rings (SSSR count). The molecule has 0 unspecified atom stereocenters. The Bertz CT molecular complexity index is 2120. The summed E-state index contributed by atoms with van der Waals surface area (Å²) in [6.45, 7) is 0. The highest BCUT2D eigenvalue weighted by molar-refractivity contribution is 6.16. The Morgan fingerprint density at radius 1 is 0.514 bits per heavy atom. The van der Waals surface area contributed by atoms with Crippen LogP contribution in [0.15, 0.2) is 115 Å². The molecule has 3 heteroatoms. The summed E-state index contributed by atoms with van der Waals surface area (Å²) in [5.74, 6) is 0. The van der Waals surface area contributed by atoms with Gasteiger partial charge in [0.15, 0.2) is 0 Å². The molecule has 162 valence electrons. The maximum absolute atomic E-state index is 5.08. The van der Waals surface area contributed by atoms with Gasteiger partial charge in [-0.15, -0.1) is 0 Å². The van der Waals surface area contributed by atoms with Crippen LogP contribution in [0.4, 0.5) is 0 Å². The fraction of sp³-hybridized carbons (Fsp3) is 0. The number of benzene rings is 5. The zero-order chi connectivity index (χ0) is 22.9. The average molecular weight is 446 g/mol. The van der Waals surface area contributed by atoms with E-state index in [1.807, 2.05) is 12.3 Å². The molecule has 0 radical (unpaired) electrons. The molecule has 3 aromatic heterocycles. The number of nitrogens with zero attached hydrogens (tertiary/aromatic N) is 3. The van der Waals surface area contributed by atoms with Gasteiger partial charge in [-0.1, -0.05) is 78.9 Å². The van der Waals surface area contributed by atoms with Gasteiger partial charge in [-0.25, -0.2) is 4.98 Å². The molecular formula is C32H19N3. The third-order valence-corrected chi connectivity index (χ3v) is 7.18. The second-order valence-corrected chi connectivity index (χ2v) is 9.08. The lowest BCUT2D eigenvalue weighted by Crippen LogP contribution is -1.94. The molecule has 0 N–H and O–H groups in total. The summed E-state index contributed by atoms with van der Waals surface area (Å²) in [6.07, 6.45) is 2.02. The first-order chi connectivity index (χ1) is 17.4. The zero-order valence-corrected chi connectivity index (χ0v) is 18.8. The molecule has 0 atom stereocenters. The standard InChI is InChI=1S/C32H19N3/c1-2-10-21-20(9-1)17-25(23-12-4-3-11-22(21)23)29-18-26-27(19-33-29)24-13-5-7-15-30(24)35-31-16-8-6-14-28(31)34-32(26)35/h1-19H. The van der Waals surface area contributed by atoms with E-state index in [-0.39, 0.29) is 0 Å². The topological polar surface area (TPSA) is 30.2 Å². The highest BCUT2D eigenvalue weighted by Crippen LogP contribution is 2.37. The molecule has 0 aliphatic rings. The van der Waals surface area contributed by atoms with Gasteiger partial charge in [-0.05, 0) is 51.9 Å².